The normalized spacial score (nSPS) is 10.9. The van der Waals surface area contributed by atoms with Gasteiger partial charge in [-0.15, -0.1) is 11.8 Å². The molecule has 4 heteroatoms. The Morgan fingerprint density at radius 2 is 2.07 bits per heavy atom. The Balaban J connectivity index is 2.44. The van der Waals surface area contributed by atoms with Gasteiger partial charge in [0.15, 0.2) is 6.29 Å². The second-order valence-corrected chi connectivity index (χ2v) is 4.68. The van der Waals surface area contributed by atoms with E-state index in [2.05, 4.69) is 28.1 Å². The van der Waals surface area contributed by atoms with Crippen LogP contribution in [0.4, 0.5) is 0 Å². The molecule has 0 saturated carbocycles. The topological polar surface area (TPSA) is 18.5 Å². The lowest BCUT2D eigenvalue weighted by molar-refractivity contribution is -0.0842. The van der Waals surface area contributed by atoms with Gasteiger partial charge < -0.3 is 9.47 Å². The summed E-state index contributed by atoms with van der Waals surface area (Å²) in [6.07, 6.45) is -0.140. The average Bonchev–Trinajstić information content (AvgIpc) is 2.19. The highest BCUT2D eigenvalue weighted by Gasteiger charge is 2.05. The molecule has 0 saturated heterocycles. The first-order chi connectivity index (χ1) is 6.76. The van der Waals surface area contributed by atoms with Gasteiger partial charge in [-0.25, -0.2) is 0 Å². The van der Waals surface area contributed by atoms with Crippen LogP contribution in [0.3, 0.4) is 0 Å². The number of hydrogen-bond donors (Lipinski definition) is 0. The Labute approximate surface area is 97.1 Å². The van der Waals surface area contributed by atoms with E-state index in [1.807, 2.05) is 12.1 Å². The van der Waals surface area contributed by atoms with Crippen molar-refractivity contribution < 1.29 is 9.47 Å². The molecule has 0 atom stereocenters. The zero-order valence-electron chi connectivity index (χ0n) is 8.20. The lowest BCUT2D eigenvalue weighted by atomic mass is 10.4. The van der Waals surface area contributed by atoms with E-state index in [0.717, 1.165) is 10.2 Å². The van der Waals surface area contributed by atoms with Crippen LogP contribution in [0.25, 0.3) is 0 Å². The standard InChI is InChI=1S/C10H13BrO2S/c1-12-10(13-2)7-14-9-5-3-4-8(11)6-9/h3-6,10H,7H2,1-2H3. The molecule has 0 unspecified atom stereocenters. The summed E-state index contributed by atoms with van der Waals surface area (Å²) in [4.78, 5) is 1.21. The molecule has 2 nitrogen and oxygen atoms in total. The zero-order chi connectivity index (χ0) is 10.4. The molecule has 1 aromatic carbocycles. The SMILES string of the molecule is COC(CSc1cccc(Br)c1)OC. The Morgan fingerprint density at radius 1 is 1.36 bits per heavy atom. The van der Waals surface area contributed by atoms with E-state index < -0.39 is 0 Å². The smallest absolute Gasteiger partial charge is 0.166 e. The van der Waals surface area contributed by atoms with Gasteiger partial charge in [0.2, 0.25) is 0 Å². The van der Waals surface area contributed by atoms with Crippen LogP contribution in [0.2, 0.25) is 0 Å². The molecule has 0 aliphatic rings. The maximum absolute atomic E-state index is 5.10. The predicted molar refractivity (Wildman–Crippen MR) is 62.7 cm³/mol. The minimum Gasteiger partial charge on any atom is -0.355 e. The molecule has 0 heterocycles. The molecule has 0 aliphatic carbocycles. The maximum Gasteiger partial charge on any atom is 0.166 e. The lowest BCUT2D eigenvalue weighted by Gasteiger charge is -2.12. The van der Waals surface area contributed by atoms with Crippen molar-refractivity contribution in [2.75, 3.05) is 20.0 Å². The summed E-state index contributed by atoms with van der Waals surface area (Å²) in [5, 5.41) is 0. The number of rotatable bonds is 5. The summed E-state index contributed by atoms with van der Waals surface area (Å²) in [6.45, 7) is 0. The third-order valence-electron chi connectivity index (χ3n) is 1.71. The van der Waals surface area contributed by atoms with Crippen LogP contribution >= 0.6 is 27.7 Å². The van der Waals surface area contributed by atoms with Gasteiger partial charge in [0, 0.05) is 29.3 Å². The Morgan fingerprint density at radius 3 is 2.64 bits per heavy atom. The number of halogens is 1. The van der Waals surface area contributed by atoms with Crippen LogP contribution < -0.4 is 0 Å². The van der Waals surface area contributed by atoms with Crippen molar-refractivity contribution in [3.63, 3.8) is 0 Å². The van der Waals surface area contributed by atoms with Crippen LogP contribution in [-0.2, 0) is 9.47 Å². The molecule has 0 amide bonds. The minimum absolute atomic E-state index is 0.140. The van der Waals surface area contributed by atoms with Crippen molar-refractivity contribution in [3.8, 4) is 0 Å². The van der Waals surface area contributed by atoms with Crippen LogP contribution in [0.15, 0.2) is 33.6 Å². The summed E-state index contributed by atoms with van der Waals surface area (Å²) in [6, 6.07) is 8.17. The van der Waals surface area contributed by atoms with Crippen LogP contribution in [-0.4, -0.2) is 26.3 Å². The fourth-order valence-corrected chi connectivity index (χ4v) is 2.49. The summed E-state index contributed by atoms with van der Waals surface area (Å²) in [5.74, 6) is 0.795. The van der Waals surface area contributed by atoms with Gasteiger partial charge >= 0.3 is 0 Å². The zero-order valence-corrected chi connectivity index (χ0v) is 10.6. The quantitative estimate of drug-likeness (QED) is 0.608. The summed E-state index contributed by atoms with van der Waals surface area (Å²) in [5.41, 5.74) is 0. The van der Waals surface area contributed by atoms with E-state index in [1.54, 1.807) is 26.0 Å². The van der Waals surface area contributed by atoms with E-state index in [1.165, 1.54) is 4.90 Å². The molecule has 0 spiro atoms. The third kappa shape index (κ3) is 4.00. The molecule has 1 rings (SSSR count). The van der Waals surface area contributed by atoms with Crippen molar-refractivity contribution in [1.82, 2.24) is 0 Å². The molecule has 1 aromatic rings. The fraction of sp³-hybridized carbons (Fsp3) is 0.400. The number of thioether (sulfide) groups is 1. The Hall–Kier alpha value is -0.0300. The highest BCUT2D eigenvalue weighted by Crippen LogP contribution is 2.22. The van der Waals surface area contributed by atoms with Gasteiger partial charge in [0.1, 0.15) is 0 Å². The van der Waals surface area contributed by atoms with Crippen molar-refractivity contribution >= 4 is 27.7 Å². The monoisotopic (exact) mass is 276 g/mol. The molecular formula is C10H13BrO2S. The number of benzene rings is 1. The van der Waals surface area contributed by atoms with Gasteiger partial charge in [-0.3, -0.25) is 0 Å². The van der Waals surface area contributed by atoms with E-state index in [-0.39, 0.29) is 6.29 Å². The van der Waals surface area contributed by atoms with Crippen molar-refractivity contribution in [2.45, 2.75) is 11.2 Å². The molecule has 0 aromatic heterocycles. The van der Waals surface area contributed by atoms with E-state index in [4.69, 9.17) is 9.47 Å². The van der Waals surface area contributed by atoms with E-state index in [9.17, 15) is 0 Å². The van der Waals surface area contributed by atoms with Crippen LogP contribution in [0, 0.1) is 0 Å². The average molecular weight is 277 g/mol. The predicted octanol–water partition coefficient (Wildman–Crippen LogP) is 3.16. The third-order valence-corrected chi connectivity index (χ3v) is 3.23. The largest absolute Gasteiger partial charge is 0.355 e. The van der Waals surface area contributed by atoms with Crippen molar-refractivity contribution in [2.24, 2.45) is 0 Å². The van der Waals surface area contributed by atoms with Crippen molar-refractivity contribution in [1.29, 1.82) is 0 Å². The molecular weight excluding hydrogens is 264 g/mol. The summed E-state index contributed by atoms with van der Waals surface area (Å²) >= 11 is 5.14. The lowest BCUT2D eigenvalue weighted by Crippen LogP contribution is -2.15. The highest BCUT2D eigenvalue weighted by atomic mass is 79.9. The van der Waals surface area contributed by atoms with E-state index in [0.29, 0.717) is 0 Å². The number of ether oxygens (including phenoxy) is 2. The van der Waals surface area contributed by atoms with Gasteiger partial charge in [-0.1, -0.05) is 22.0 Å². The Bertz CT molecular complexity index is 277. The molecule has 0 aliphatic heterocycles. The van der Waals surface area contributed by atoms with Crippen LogP contribution in [0.5, 0.6) is 0 Å². The minimum atomic E-state index is -0.140. The number of methoxy groups -OCH3 is 2. The van der Waals surface area contributed by atoms with Gasteiger partial charge in [-0.2, -0.15) is 0 Å². The molecule has 0 N–H and O–H groups in total. The molecule has 0 bridgehead atoms. The highest BCUT2D eigenvalue weighted by molar-refractivity contribution is 9.10. The first-order valence-corrected chi connectivity index (χ1v) is 5.98. The van der Waals surface area contributed by atoms with Gasteiger partial charge in [-0.05, 0) is 18.2 Å². The number of hydrogen-bond acceptors (Lipinski definition) is 3. The molecule has 0 radical (unpaired) electrons. The fourth-order valence-electron chi connectivity index (χ4n) is 0.953. The summed E-state index contributed by atoms with van der Waals surface area (Å²) in [7, 11) is 3.30. The maximum atomic E-state index is 5.10. The first kappa shape index (κ1) is 12.0. The van der Waals surface area contributed by atoms with E-state index >= 15 is 0 Å². The summed E-state index contributed by atoms with van der Waals surface area (Å²) < 4.78 is 11.3. The van der Waals surface area contributed by atoms with Gasteiger partial charge in [0.25, 0.3) is 0 Å². The second kappa shape index (κ2) is 6.45. The molecule has 78 valence electrons. The Kier molecular flexibility index (Phi) is 5.55. The molecule has 14 heavy (non-hydrogen) atoms. The van der Waals surface area contributed by atoms with Gasteiger partial charge in [0.05, 0.1) is 0 Å². The van der Waals surface area contributed by atoms with Crippen LogP contribution in [0.1, 0.15) is 0 Å². The molecule has 0 fully saturated rings. The second-order valence-electron chi connectivity index (χ2n) is 2.67. The van der Waals surface area contributed by atoms with Crippen molar-refractivity contribution in [3.05, 3.63) is 28.7 Å². The first-order valence-electron chi connectivity index (χ1n) is 4.20.